The number of rotatable bonds is 7. The second kappa shape index (κ2) is 10.4. The van der Waals surface area contributed by atoms with Crippen molar-refractivity contribution in [2.45, 2.75) is 32.1 Å². The first-order valence-corrected chi connectivity index (χ1v) is 11.2. The summed E-state index contributed by atoms with van der Waals surface area (Å²) in [6.07, 6.45) is 4.74. The first-order chi connectivity index (χ1) is 16.5. The Kier molecular flexibility index (Phi) is 7.15. The topological polar surface area (TPSA) is 96.0 Å². The molecule has 2 aromatic carbocycles. The van der Waals surface area contributed by atoms with Gasteiger partial charge in [0.25, 0.3) is 5.91 Å². The number of nitrogens with zero attached hydrogens (tertiary/aromatic N) is 1. The van der Waals surface area contributed by atoms with E-state index < -0.39 is 18.5 Å². The minimum atomic E-state index is -0.517. The molecule has 1 heterocycles. The number of hydrogen-bond acceptors (Lipinski definition) is 7. The monoisotopic (exact) mass is 464 g/mol. The van der Waals surface area contributed by atoms with Gasteiger partial charge >= 0.3 is 5.97 Å². The number of methoxy groups -OCH3 is 3. The number of hydrogen-bond donors (Lipinski definition) is 1. The number of carbonyl (C=O) groups excluding carboxylic acids is 2. The minimum absolute atomic E-state index is 0.403. The highest BCUT2D eigenvalue weighted by Gasteiger charge is 2.23. The summed E-state index contributed by atoms with van der Waals surface area (Å²) in [6, 6.07) is 10.8. The van der Waals surface area contributed by atoms with Crippen LogP contribution in [0.25, 0.3) is 10.9 Å². The van der Waals surface area contributed by atoms with Crippen LogP contribution in [0.1, 0.15) is 40.9 Å². The van der Waals surface area contributed by atoms with E-state index in [1.165, 1.54) is 21.3 Å². The maximum Gasteiger partial charge on any atom is 0.339 e. The summed E-state index contributed by atoms with van der Waals surface area (Å²) in [6.45, 7) is -0.430. The van der Waals surface area contributed by atoms with Gasteiger partial charge in [0.2, 0.25) is 5.75 Å². The third kappa shape index (κ3) is 4.76. The molecule has 0 aliphatic heterocycles. The van der Waals surface area contributed by atoms with Crippen LogP contribution in [0.3, 0.4) is 0 Å². The van der Waals surface area contributed by atoms with Gasteiger partial charge in [0.15, 0.2) is 18.1 Å². The lowest BCUT2D eigenvalue weighted by atomic mass is 9.97. The molecule has 4 rings (SSSR count). The zero-order valence-electron chi connectivity index (χ0n) is 19.6. The molecule has 1 aliphatic rings. The average Bonchev–Trinajstić information content (AvgIpc) is 3.10. The molecular formula is C26H28N2O6. The molecule has 1 amide bonds. The number of anilines is 1. The number of pyridine rings is 1. The molecule has 0 atom stereocenters. The molecule has 1 N–H and O–H groups in total. The second-order valence-electron chi connectivity index (χ2n) is 8.03. The van der Waals surface area contributed by atoms with Crippen LogP contribution in [0, 0.1) is 0 Å². The number of aromatic nitrogens is 1. The summed E-state index contributed by atoms with van der Waals surface area (Å²) in [7, 11) is 4.49. The van der Waals surface area contributed by atoms with Gasteiger partial charge in [-0.25, -0.2) is 4.79 Å². The Labute approximate surface area is 198 Å². The Morgan fingerprint density at radius 1 is 0.941 bits per heavy atom. The summed E-state index contributed by atoms with van der Waals surface area (Å²) in [5, 5.41) is 3.46. The number of nitrogens with one attached hydrogen (secondary N) is 1. The maximum atomic E-state index is 13.2. The molecule has 34 heavy (non-hydrogen) atoms. The molecule has 0 radical (unpaired) electrons. The number of esters is 1. The van der Waals surface area contributed by atoms with Crippen LogP contribution >= 0.6 is 0 Å². The van der Waals surface area contributed by atoms with Gasteiger partial charge in [0.05, 0.1) is 32.4 Å². The summed E-state index contributed by atoms with van der Waals surface area (Å²) in [5.74, 6) is 0.226. The molecule has 1 aliphatic carbocycles. The predicted octanol–water partition coefficient (Wildman–Crippen LogP) is 4.33. The van der Waals surface area contributed by atoms with Crippen LogP contribution in [-0.4, -0.2) is 44.8 Å². The second-order valence-corrected chi connectivity index (χ2v) is 8.03. The number of aryl methyl sites for hydroxylation is 1. The lowest BCUT2D eigenvalue weighted by Gasteiger charge is -2.16. The molecule has 0 bridgehead atoms. The third-order valence-electron chi connectivity index (χ3n) is 5.91. The highest BCUT2D eigenvalue weighted by molar-refractivity contribution is 6.06. The van der Waals surface area contributed by atoms with Crippen LogP contribution < -0.4 is 19.5 Å². The molecular weight excluding hydrogens is 436 g/mol. The van der Waals surface area contributed by atoms with Gasteiger partial charge in [-0.2, -0.15) is 0 Å². The standard InChI is InChI=1S/C26H28N2O6/c1-31-21-13-16(14-22(32-2)25(21)33-3)27-23(29)15-34-26(30)24-17-9-5-4-6-11-19(17)28-20-12-8-7-10-18(20)24/h7-8,10,12-14H,4-6,9,11,15H2,1-3H3,(H,27,29). The van der Waals surface area contributed by atoms with Crippen molar-refractivity contribution in [3.05, 3.63) is 53.2 Å². The lowest BCUT2D eigenvalue weighted by molar-refractivity contribution is -0.119. The van der Waals surface area contributed by atoms with Gasteiger partial charge in [-0.1, -0.05) is 24.6 Å². The van der Waals surface area contributed by atoms with Crippen LogP contribution in [0.2, 0.25) is 0 Å². The van der Waals surface area contributed by atoms with Gasteiger partial charge in [-0.3, -0.25) is 9.78 Å². The molecule has 0 saturated carbocycles. The zero-order chi connectivity index (χ0) is 24.1. The molecule has 8 heteroatoms. The van der Waals surface area contributed by atoms with Gasteiger partial charge in [0, 0.05) is 28.9 Å². The fourth-order valence-electron chi connectivity index (χ4n) is 4.34. The Bertz CT molecular complexity index is 1200. The highest BCUT2D eigenvalue weighted by Crippen LogP contribution is 2.40. The van der Waals surface area contributed by atoms with E-state index in [1.54, 1.807) is 12.1 Å². The summed E-state index contributed by atoms with van der Waals surface area (Å²) >= 11 is 0. The van der Waals surface area contributed by atoms with E-state index >= 15 is 0 Å². The van der Waals surface area contributed by atoms with Crippen molar-refractivity contribution in [3.63, 3.8) is 0 Å². The Morgan fingerprint density at radius 3 is 2.35 bits per heavy atom. The van der Waals surface area contributed by atoms with Crippen LogP contribution in [0.5, 0.6) is 17.2 Å². The van der Waals surface area contributed by atoms with Gasteiger partial charge in [-0.15, -0.1) is 0 Å². The fourth-order valence-corrected chi connectivity index (χ4v) is 4.34. The number of amides is 1. The minimum Gasteiger partial charge on any atom is -0.493 e. The van der Waals surface area contributed by atoms with E-state index in [-0.39, 0.29) is 0 Å². The summed E-state index contributed by atoms with van der Waals surface area (Å²) in [4.78, 5) is 30.6. The quantitative estimate of drug-likeness (QED) is 0.411. The lowest BCUT2D eigenvalue weighted by Crippen LogP contribution is -2.22. The van der Waals surface area contributed by atoms with E-state index in [1.807, 2.05) is 24.3 Å². The summed E-state index contributed by atoms with van der Waals surface area (Å²) < 4.78 is 21.4. The average molecular weight is 465 g/mol. The Hall–Kier alpha value is -3.81. The smallest absolute Gasteiger partial charge is 0.339 e. The van der Waals surface area contributed by atoms with Crippen molar-refractivity contribution in [2.75, 3.05) is 33.3 Å². The SMILES string of the molecule is COc1cc(NC(=O)COC(=O)c2c3c(nc4ccccc24)CCCCC3)cc(OC)c1OC. The third-order valence-corrected chi connectivity index (χ3v) is 5.91. The van der Waals surface area contributed by atoms with E-state index in [2.05, 4.69) is 5.32 Å². The van der Waals surface area contributed by atoms with Crippen LogP contribution in [0.15, 0.2) is 36.4 Å². The van der Waals surface area contributed by atoms with Crippen LogP contribution in [0.4, 0.5) is 5.69 Å². The largest absolute Gasteiger partial charge is 0.493 e. The van der Waals surface area contributed by atoms with Crippen molar-refractivity contribution in [3.8, 4) is 17.2 Å². The van der Waals surface area contributed by atoms with E-state index in [0.717, 1.165) is 54.3 Å². The number of fused-ring (bicyclic) bond motifs is 2. The van der Waals surface area contributed by atoms with Crippen molar-refractivity contribution < 1.29 is 28.5 Å². The predicted molar refractivity (Wildman–Crippen MR) is 128 cm³/mol. The number of para-hydroxylation sites is 1. The Morgan fingerprint density at radius 2 is 1.65 bits per heavy atom. The molecule has 0 unspecified atom stereocenters. The van der Waals surface area contributed by atoms with E-state index in [4.69, 9.17) is 23.9 Å². The van der Waals surface area contributed by atoms with Crippen LogP contribution in [-0.2, 0) is 22.4 Å². The van der Waals surface area contributed by atoms with Gasteiger partial charge in [0.1, 0.15) is 0 Å². The van der Waals surface area contributed by atoms with E-state index in [9.17, 15) is 9.59 Å². The molecule has 0 spiro atoms. The normalized spacial score (nSPS) is 12.9. The van der Waals surface area contributed by atoms with E-state index in [0.29, 0.717) is 28.5 Å². The van der Waals surface area contributed by atoms with Crippen molar-refractivity contribution in [1.82, 2.24) is 4.98 Å². The number of carbonyl (C=O) groups is 2. The fraction of sp³-hybridized carbons (Fsp3) is 0.346. The van der Waals surface area contributed by atoms with Gasteiger partial charge in [-0.05, 0) is 37.3 Å². The molecule has 178 valence electrons. The first kappa shape index (κ1) is 23.4. The van der Waals surface area contributed by atoms with Crippen molar-refractivity contribution in [2.24, 2.45) is 0 Å². The van der Waals surface area contributed by atoms with Crippen molar-refractivity contribution in [1.29, 1.82) is 0 Å². The highest BCUT2D eigenvalue weighted by atomic mass is 16.5. The zero-order valence-corrected chi connectivity index (χ0v) is 19.6. The van der Waals surface area contributed by atoms with Gasteiger partial charge < -0.3 is 24.3 Å². The summed E-state index contributed by atoms with van der Waals surface area (Å²) in [5.41, 5.74) is 3.59. The maximum absolute atomic E-state index is 13.2. The number of benzene rings is 2. The molecule has 0 saturated heterocycles. The Balaban J connectivity index is 1.54. The molecule has 3 aromatic rings. The van der Waals surface area contributed by atoms with Crippen molar-refractivity contribution >= 4 is 28.5 Å². The molecule has 0 fully saturated rings. The molecule has 1 aromatic heterocycles. The molecule has 8 nitrogen and oxygen atoms in total. The number of ether oxygens (including phenoxy) is 4. The first-order valence-electron chi connectivity index (χ1n) is 11.2.